The summed E-state index contributed by atoms with van der Waals surface area (Å²) in [6, 6.07) is 0. The lowest BCUT2D eigenvalue weighted by Crippen LogP contribution is -2.41. The molecule has 0 spiro atoms. The maximum atomic E-state index is 11.7. The zero-order chi connectivity index (χ0) is 13.8. The van der Waals surface area contributed by atoms with E-state index in [1.807, 2.05) is 0 Å². The van der Waals surface area contributed by atoms with Gasteiger partial charge in [0.2, 0.25) is 0 Å². The van der Waals surface area contributed by atoms with Gasteiger partial charge in [0.1, 0.15) is 5.78 Å². The fraction of sp³-hybridized carbons (Fsp3) is 0.929. The first-order valence-electron chi connectivity index (χ1n) is 6.92. The number of ketones is 1. The Balaban J connectivity index is 2.20. The SMILES string of the molecule is CC1(C)CCC(=O)CC1B1OC(C)(C)C(C)(C)O1. The van der Waals surface area contributed by atoms with E-state index in [1.165, 1.54) is 0 Å². The molecule has 2 fully saturated rings. The standard InChI is InChI=1S/C14H25BO3/c1-12(2)8-7-10(16)9-11(12)15-17-13(3,4)14(5,6)18-15/h11H,7-9H2,1-6H3. The molecule has 1 saturated carbocycles. The summed E-state index contributed by atoms with van der Waals surface area (Å²) in [4.78, 5) is 11.7. The van der Waals surface area contributed by atoms with Gasteiger partial charge >= 0.3 is 7.12 Å². The van der Waals surface area contributed by atoms with Crippen LogP contribution in [0.4, 0.5) is 0 Å². The fourth-order valence-electron chi connectivity index (χ4n) is 2.79. The van der Waals surface area contributed by atoms with E-state index in [1.54, 1.807) is 0 Å². The summed E-state index contributed by atoms with van der Waals surface area (Å²) < 4.78 is 12.2. The van der Waals surface area contributed by atoms with Crippen LogP contribution < -0.4 is 0 Å². The molecule has 2 aliphatic rings. The minimum absolute atomic E-state index is 0.106. The molecule has 1 aliphatic carbocycles. The minimum Gasteiger partial charge on any atom is -0.403 e. The van der Waals surface area contributed by atoms with Gasteiger partial charge in [-0.1, -0.05) is 13.8 Å². The molecular weight excluding hydrogens is 227 g/mol. The number of carbonyl (C=O) groups is 1. The highest BCUT2D eigenvalue weighted by Gasteiger charge is 2.57. The fourth-order valence-corrected chi connectivity index (χ4v) is 2.79. The first-order chi connectivity index (χ1) is 8.05. The third-order valence-electron chi connectivity index (χ3n) is 5.10. The van der Waals surface area contributed by atoms with E-state index in [0.29, 0.717) is 18.6 Å². The second kappa shape index (κ2) is 4.07. The summed E-state index contributed by atoms with van der Waals surface area (Å²) in [5.74, 6) is 0.508. The number of rotatable bonds is 1. The van der Waals surface area contributed by atoms with Crippen molar-refractivity contribution in [3.8, 4) is 0 Å². The average Bonchev–Trinajstić information content (AvgIpc) is 2.40. The van der Waals surface area contributed by atoms with Gasteiger partial charge in [-0.2, -0.15) is 0 Å². The van der Waals surface area contributed by atoms with Crippen LogP contribution in [-0.2, 0) is 14.1 Å². The van der Waals surface area contributed by atoms with Crippen LogP contribution in [0.1, 0.15) is 60.8 Å². The van der Waals surface area contributed by atoms with Crippen LogP contribution in [0.25, 0.3) is 0 Å². The van der Waals surface area contributed by atoms with Crippen molar-refractivity contribution in [1.29, 1.82) is 0 Å². The number of hydrogen-bond donors (Lipinski definition) is 0. The molecule has 3 nitrogen and oxygen atoms in total. The average molecular weight is 252 g/mol. The molecule has 4 heteroatoms. The van der Waals surface area contributed by atoms with Crippen LogP contribution in [0, 0.1) is 5.41 Å². The molecule has 0 bridgehead atoms. The first-order valence-corrected chi connectivity index (χ1v) is 6.92. The lowest BCUT2D eigenvalue weighted by atomic mass is 9.53. The predicted octanol–water partition coefficient (Wildman–Crippen LogP) is 3.23. The molecule has 0 radical (unpaired) electrons. The second-order valence-corrected chi connectivity index (χ2v) is 7.46. The molecule has 102 valence electrons. The van der Waals surface area contributed by atoms with Gasteiger partial charge in [-0.15, -0.1) is 0 Å². The van der Waals surface area contributed by atoms with Gasteiger partial charge in [-0.25, -0.2) is 0 Å². The van der Waals surface area contributed by atoms with Crippen molar-refractivity contribution in [2.75, 3.05) is 0 Å². The zero-order valence-electron chi connectivity index (χ0n) is 12.5. The van der Waals surface area contributed by atoms with Crippen LogP contribution in [0.2, 0.25) is 5.82 Å². The molecule has 0 aromatic carbocycles. The molecule has 0 aromatic heterocycles. The van der Waals surface area contributed by atoms with Gasteiger partial charge in [-0.05, 0) is 39.5 Å². The Morgan fingerprint density at radius 1 is 1.06 bits per heavy atom. The molecule has 1 aliphatic heterocycles. The van der Waals surface area contributed by atoms with E-state index in [4.69, 9.17) is 9.31 Å². The van der Waals surface area contributed by atoms with E-state index in [9.17, 15) is 4.79 Å². The lowest BCUT2D eigenvalue weighted by molar-refractivity contribution is -0.122. The van der Waals surface area contributed by atoms with Crippen LogP contribution in [0.5, 0.6) is 0 Å². The van der Waals surface area contributed by atoms with Crippen LogP contribution in [0.3, 0.4) is 0 Å². The third-order valence-corrected chi connectivity index (χ3v) is 5.10. The largest absolute Gasteiger partial charge is 0.462 e. The molecule has 1 heterocycles. The third kappa shape index (κ3) is 2.25. The van der Waals surface area contributed by atoms with E-state index in [-0.39, 0.29) is 29.6 Å². The monoisotopic (exact) mass is 252 g/mol. The van der Waals surface area contributed by atoms with Gasteiger partial charge in [0, 0.05) is 18.7 Å². The Hall–Kier alpha value is -0.345. The van der Waals surface area contributed by atoms with Crippen LogP contribution in [-0.4, -0.2) is 24.1 Å². The Kier molecular flexibility index (Phi) is 3.18. The summed E-state index contributed by atoms with van der Waals surface area (Å²) >= 11 is 0. The van der Waals surface area contributed by atoms with Crippen LogP contribution in [0.15, 0.2) is 0 Å². The van der Waals surface area contributed by atoms with Gasteiger partial charge < -0.3 is 9.31 Å². The summed E-state index contributed by atoms with van der Waals surface area (Å²) in [5.41, 5.74) is -0.516. The molecular formula is C14H25BO3. The summed E-state index contributed by atoms with van der Waals surface area (Å²) in [7, 11) is -0.255. The first kappa shape index (κ1) is 14.1. The minimum atomic E-state index is -0.311. The molecule has 2 rings (SSSR count). The maximum Gasteiger partial charge on any atom is 0.462 e. The van der Waals surface area contributed by atoms with E-state index in [2.05, 4.69) is 41.5 Å². The predicted molar refractivity (Wildman–Crippen MR) is 72.5 cm³/mol. The Labute approximate surface area is 111 Å². The smallest absolute Gasteiger partial charge is 0.403 e. The van der Waals surface area contributed by atoms with E-state index in [0.717, 1.165) is 6.42 Å². The summed E-state index contributed by atoms with van der Waals surface area (Å²) in [5, 5.41) is 0. The van der Waals surface area contributed by atoms with E-state index < -0.39 is 0 Å². The molecule has 0 amide bonds. The second-order valence-electron chi connectivity index (χ2n) is 7.46. The Bertz CT molecular complexity index is 344. The zero-order valence-corrected chi connectivity index (χ0v) is 12.5. The lowest BCUT2D eigenvalue weighted by Gasteiger charge is -2.38. The van der Waals surface area contributed by atoms with Crippen molar-refractivity contribution in [3.63, 3.8) is 0 Å². The quantitative estimate of drug-likeness (QED) is 0.672. The Morgan fingerprint density at radius 3 is 2.06 bits per heavy atom. The van der Waals surface area contributed by atoms with Gasteiger partial charge in [0.05, 0.1) is 11.2 Å². The van der Waals surface area contributed by atoms with Crippen molar-refractivity contribution in [2.45, 2.75) is 77.8 Å². The molecule has 0 N–H and O–H groups in total. The van der Waals surface area contributed by atoms with Crippen molar-refractivity contribution < 1.29 is 14.1 Å². The highest BCUT2D eigenvalue weighted by Crippen LogP contribution is 2.50. The van der Waals surface area contributed by atoms with Crippen molar-refractivity contribution in [2.24, 2.45) is 5.41 Å². The van der Waals surface area contributed by atoms with Gasteiger partial charge in [0.15, 0.2) is 0 Å². The van der Waals surface area contributed by atoms with E-state index >= 15 is 0 Å². The summed E-state index contributed by atoms with van der Waals surface area (Å²) in [6.07, 6.45) is 2.22. The highest BCUT2D eigenvalue weighted by molar-refractivity contribution is 6.48. The highest BCUT2D eigenvalue weighted by atomic mass is 16.7. The van der Waals surface area contributed by atoms with Crippen molar-refractivity contribution >= 4 is 12.9 Å². The topological polar surface area (TPSA) is 35.5 Å². The number of carbonyl (C=O) groups excluding carboxylic acids is 1. The summed E-state index contributed by atoms with van der Waals surface area (Å²) in [6.45, 7) is 12.7. The molecule has 1 unspecified atom stereocenters. The molecule has 0 aromatic rings. The van der Waals surface area contributed by atoms with Gasteiger partial charge in [0.25, 0.3) is 0 Å². The molecule has 1 atom stereocenters. The number of Topliss-reactive ketones (excluding diaryl/α,β-unsaturated/α-hetero) is 1. The van der Waals surface area contributed by atoms with Crippen molar-refractivity contribution in [1.82, 2.24) is 0 Å². The molecule has 1 saturated heterocycles. The maximum absolute atomic E-state index is 11.7. The Morgan fingerprint density at radius 2 is 1.56 bits per heavy atom. The van der Waals surface area contributed by atoms with Gasteiger partial charge in [-0.3, -0.25) is 4.79 Å². The molecule has 18 heavy (non-hydrogen) atoms. The number of hydrogen-bond acceptors (Lipinski definition) is 3. The van der Waals surface area contributed by atoms with Crippen LogP contribution >= 0.6 is 0 Å². The van der Waals surface area contributed by atoms with Crippen molar-refractivity contribution in [3.05, 3.63) is 0 Å². The normalized spacial score (nSPS) is 33.8.